The van der Waals surface area contributed by atoms with Crippen molar-refractivity contribution in [3.8, 4) is 0 Å². The van der Waals surface area contributed by atoms with Crippen LogP contribution >= 0.6 is 0 Å². The summed E-state index contributed by atoms with van der Waals surface area (Å²) in [5, 5.41) is 8.86. The van der Waals surface area contributed by atoms with Gasteiger partial charge >= 0.3 is 0 Å². The summed E-state index contributed by atoms with van der Waals surface area (Å²) in [6, 6.07) is 0. The molecule has 3 heteroatoms. The lowest BCUT2D eigenvalue weighted by Gasteiger charge is -2.54. The summed E-state index contributed by atoms with van der Waals surface area (Å²) >= 11 is 0. The summed E-state index contributed by atoms with van der Waals surface area (Å²) in [5.41, 5.74) is 0. The molecule has 1 N–H and O–H groups in total. The lowest BCUT2D eigenvalue weighted by Crippen LogP contribution is -2.73. The zero-order valence-electron chi connectivity index (χ0n) is 8.71. The highest BCUT2D eigenvalue weighted by molar-refractivity contribution is 4.59. The van der Waals surface area contributed by atoms with Gasteiger partial charge in [0, 0.05) is 13.0 Å². The minimum absolute atomic E-state index is 0.367. The van der Waals surface area contributed by atoms with Crippen LogP contribution in [0.1, 0.15) is 6.42 Å². The highest BCUT2D eigenvalue weighted by atomic mass is 16.3. The summed E-state index contributed by atoms with van der Waals surface area (Å²) < 4.78 is 2.60. The Kier molecular flexibility index (Phi) is 2.34. The Labute approximate surface area is 80.7 Å². The molecular weight excluding hydrogens is 164 g/mol. The Morgan fingerprint density at radius 3 is 2.00 bits per heavy atom. The van der Waals surface area contributed by atoms with Crippen molar-refractivity contribution in [3.63, 3.8) is 0 Å². The van der Waals surface area contributed by atoms with Gasteiger partial charge in [-0.05, 0) is 0 Å². The summed E-state index contributed by atoms with van der Waals surface area (Å²) in [6.07, 6.45) is 0.990. The SMILES string of the molecule is C[N+]12CC[N+](CCCO)(CC1)CC2. The quantitative estimate of drug-likeness (QED) is 0.598. The van der Waals surface area contributed by atoms with Crippen LogP contribution in [0.4, 0.5) is 0 Å². The Hall–Kier alpha value is -0.120. The second-order valence-electron chi connectivity index (χ2n) is 5.10. The zero-order valence-corrected chi connectivity index (χ0v) is 8.71. The first-order valence-electron chi connectivity index (χ1n) is 5.48. The van der Waals surface area contributed by atoms with Crippen LogP contribution in [0.2, 0.25) is 0 Å². The summed E-state index contributed by atoms with van der Waals surface area (Å²) in [6.45, 7) is 9.66. The molecule has 0 amide bonds. The lowest BCUT2D eigenvalue weighted by atomic mass is 10.1. The molecule has 0 unspecified atom stereocenters. The molecule has 0 aromatic carbocycles. The van der Waals surface area contributed by atoms with E-state index in [2.05, 4.69) is 7.05 Å². The van der Waals surface area contributed by atoms with Gasteiger partial charge in [-0.1, -0.05) is 0 Å². The zero-order chi connectivity index (χ0) is 9.36. The molecule has 0 atom stereocenters. The van der Waals surface area contributed by atoms with E-state index in [1.54, 1.807) is 0 Å². The van der Waals surface area contributed by atoms with Gasteiger partial charge in [-0.2, -0.15) is 0 Å². The minimum Gasteiger partial charge on any atom is -0.396 e. The smallest absolute Gasteiger partial charge is 0.129 e. The molecule has 0 spiro atoms. The molecule has 0 aromatic heterocycles. The molecule has 3 aliphatic rings. The molecule has 0 aliphatic carbocycles. The van der Waals surface area contributed by atoms with Crippen LogP contribution in [0.5, 0.6) is 0 Å². The van der Waals surface area contributed by atoms with Crippen molar-refractivity contribution in [2.24, 2.45) is 0 Å². The molecule has 0 saturated carbocycles. The predicted molar refractivity (Wildman–Crippen MR) is 52.2 cm³/mol. The molecule has 3 heterocycles. The number of quaternary nitrogens is 2. The largest absolute Gasteiger partial charge is 0.396 e. The molecule has 76 valence electrons. The number of nitrogens with zero attached hydrogens (tertiary/aromatic N) is 2. The fourth-order valence-electron chi connectivity index (χ4n) is 2.77. The normalized spacial score (nSPS) is 43.8. The van der Waals surface area contributed by atoms with E-state index in [1.807, 2.05) is 0 Å². The van der Waals surface area contributed by atoms with Crippen molar-refractivity contribution in [1.29, 1.82) is 0 Å². The lowest BCUT2D eigenvalue weighted by molar-refractivity contribution is -1.07. The number of hydrogen-bond donors (Lipinski definition) is 1. The van der Waals surface area contributed by atoms with Gasteiger partial charge < -0.3 is 14.1 Å². The van der Waals surface area contributed by atoms with Crippen LogP contribution in [0.3, 0.4) is 0 Å². The first kappa shape index (κ1) is 9.44. The fraction of sp³-hybridized carbons (Fsp3) is 1.00. The molecule has 13 heavy (non-hydrogen) atoms. The monoisotopic (exact) mass is 186 g/mol. The average Bonchev–Trinajstić information content (AvgIpc) is 2.18. The number of piperazine rings is 3. The molecule has 3 aliphatic heterocycles. The van der Waals surface area contributed by atoms with Crippen LogP contribution in [0.15, 0.2) is 0 Å². The summed E-state index contributed by atoms with van der Waals surface area (Å²) in [5.74, 6) is 0. The minimum atomic E-state index is 0.367. The third kappa shape index (κ3) is 1.73. The third-order valence-corrected chi connectivity index (χ3v) is 4.13. The Bertz CT molecular complexity index is 163. The number of rotatable bonds is 3. The van der Waals surface area contributed by atoms with E-state index >= 15 is 0 Å². The number of aliphatic hydroxyl groups excluding tert-OH is 1. The molecule has 3 fully saturated rings. The molecule has 0 aromatic rings. The van der Waals surface area contributed by atoms with Crippen molar-refractivity contribution >= 4 is 0 Å². The summed E-state index contributed by atoms with van der Waals surface area (Å²) in [4.78, 5) is 0. The third-order valence-electron chi connectivity index (χ3n) is 4.13. The van der Waals surface area contributed by atoms with Crippen LogP contribution < -0.4 is 0 Å². The van der Waals surface area contributed by atoms with Gasteiger partial charge in [0.1, 0.15) is 39.3 Å². The van der Waals surface area contributed by atoms with E-state index in [4.69, 9.17) is 5.11 Å². The maximum atomic E-state index is 8.86. The molecule has 2 bridgehead atoms. The van der Waals surface area contributed by atoms with Crippen molar-refractivity contribution in [3.05, 3.63) is 0 Å². The second-order valence-corrected chi connectivity index (χ2v) is 5.10. The topological polar surface area (TPSA) is 20.2 Å². The molecule has 0 radical (unpaired) electrons. The Balaban J connectivity index is 1.95. The van der Waals surface area contributed by atoms with E-state index < -0.39 is 0 Å². The average molecular weight is 186 g/mol. The van der Waals surface area contributed by atoms with Gasteiger partial charge in [-0.3, -0.25) is 0 Å². The Morgan fingerprint density at radius 1 is 1.00 bits per heavy atom. The van der Waals surface area contributed by atoms with Crippen LogP contribution in [0.25, 0.3) is 0 Å². The predicted octanol–water partition coefficient (Wildman–Crippen LogP) is -0.341. The van der Waals surface area contributed by atoms with Gasteiger partial charge in [0.2, 0.25) is 0 Å². The van der Waals surface area contributed by atoms with Crippen LogP contribution in [-0.2, 0) is 0 Å². The van der Waals surface area contributed by atoms with Gasteiger partial charge in [0.25, 0.3) is 0 Å². The first-order chi connectivity index (χ1) is 6.18. The van der Waals surface area contributed by atoms with Crippen LogP contribution in [0, 0.1) is 0 Å². The van der Waals surface area contributed by atoms with Gasteiger partial charge in [-0.25, -0.2) is 0 Å². The number of hydrogen-bond acceptors (Lipinski definition) is 1. The molecule has 3 saturated heterocycles. The van der Waals surface area contributed by atoms with E-state index in [-0.39, 0.29) is 0 Å². The van der Waals surface area contributed by atoms with E-state index in [1.165, 1.54) is 54.8 Å². The van der Waals surface area contributed by atoms with Gasteiger partial charge in [0.05, 0.1) is 13.6 Å². The van der Waals surface area contributed by atoms with Crippen molar-refractivity contribution < 1.29 is 14.1 Å². The van der Waals surface area contributed by atoms with Gasteiger partial charge in [-0.15, -0.1) is 0 Å². The first-order valence-corrected chi connectivity index (χ1v) is 5.48. The molecular formula is C10H22N2O+2. The van der Waals surface area contributed by atoms with E-state index in [9.17, 15) is 0 Å². The number of aliphatic hydroxyl groups is 1. The highest BCUT2D eigenvalue weighted by Gasteiger charge is 2.45. The maximum absolute atomic E-state index is 8.86. The van der Waals surface area contributed by atoms with E-state index in [0.717, 1.165) is 6.42 Å². The van der Waals surface area contributed by atoms with Gasteiger partial charge in [0.15, 0.2) is 0 Å². The maximum Gasteiger partial charge on any atom is 0.129 e. The van der Waals surface area contributed by atoms with E-state index in [0.29, 0.717) is 6.61 Å². The molecule has 3 nitrogen and oxygen atoms in total. The summed E-state index contributed by atoms with van der Waals surface area (Å²) in [7, 11) is 2.39. The van der Waals surface area contributed by atoms with Crippen molar-refractivity contribution in [1.82, 2.24) is 0 Å². The molecule has 3 rings (SSSR count). The Morgan fingerprint density at radius 2 is 1.54 bits per heavy atom. The number of likely N-dealkylation sites (N-methyl/N-ethyl adjacent to an activating group) is 1. The highest BCUT2D eigenvalue weighted by Crippen LogP contribution is 2.24. The number of fused-ring (bicyclic) bond motifs is 3. The van der Waals surface area contributed by atoms with Crippen LogP contribution in [-0.4, -0.2) is 73.5 Å². The second kappa shape index (κ2) is 3.23. The van der Waals surface area contributed by atoms with Crippen molar-refractivity contribution in [2.45, 2.75) is 6.42 Å². The van der Waals surface area contributed by atoms with Crippen molar-refractivity contribution in [2.75, 3.05) is 59.5 Å². The fourth-order valence-corrected chi connectivity index (χ4v) is 2.77. The standard InChI is InChI=1S/C10H22N2O/c1-11-4-7-12(8-5-11,9-6-11)3-2-10-13/h13H,2-10H2,1H3/q+2.